The van der Waals surface area contributed by atoms with Gasteiger partial charge in [-0.2, -0.15) is 0 Å². The molecule has 1 saturated heterocycles. The molecule has 0 bridgehead atoms. The van der Waals surface area contributed by atoms with Crippen LogP contribution in [0.2, 0.25) is 0 Å². The monoisotopic (exact) mass is 418 g/mol. The normalized spacial score (nSPS) is 18.1. The predicted molar refractivity (Wildman–Crippen MR) is 101 cm³/mol. The number of likely N-dealkylation sites (tertiary alicyclic amines) is 1. The summed E-state index contributed by atoms with van der Waals surface area (Å²) in [7, 11) is 3.41. The third-order valence-electron chi connectivity index (χ3n) is 4.33. The third-order valence-corrected chi connectivity index (χ3v) is 4.33. The van der Waals surface area contributed by atoms with Crippen molar-refractivity contribution in [2.24, 2.45) is 5.10 Å². The van der Waals surface area contributed by atoms with E-state index in [1.165, 1.54) is 0 Å². The van der Waals surface area contributed by atoms with Crippen LogP contribution in [0, 0.1) is 0 Å². The first-order valence-corrected chi connectivity index (χ1v) is 9.22. The molecule has 12 heteroatoms. The average molecular weight is 418 g/mol. The summed E-state index contributed by atoms with van der Waals surface area (Å²) in [5.74, 6) is -1.09. The first kappa shape index (κ1) is 23.0. The quantitative estimate of drug-likeness (QED) is 0.331. The number of ether oxygens (including phenoxy) is 1. The van der Waals surface area contributed by atoms with Crippen molar-refractivity contribution in [1.29, 1.82) is 0 Å². The summed E-state index contributed by atoms with van der Waals surface area (Å²) in [5.41, 5.74) is -1.28. The van der Waals surface area contributed by atoms with Crippen LogP contribution in [0.15, 0.2) is 16.8 Å². The van der Waals surface area contributed by atoms with Gasteiger partial charge in [-0.05, 0) is 0 Å². The standard InChI is InChI=1S/C17H23BF4N4O3/c1-2-29-15(28)3-5-23-14(27)10-26-16(18)13(17(20,21)22)7-12(24-26)4-6-25-8-11(19)9-25/h7,11,18H,2-6,8-10H2,1H3,(H,23,27). The van der Waals surface area contributed by atoms with Gasteiger partial charge in [0.2, 0.25) is 0 Å². The second kappa shape index (κ2) is 9.99. The maximum atomic E-state index is 13.3. The van der Waals surface area contributed by atoms with Gasteiger partial charge in [0.05, 0.1) is 0 Å². The maximum absolute atomic E-state index is 13.3. The third kappa shape index (κ3) is 6.95. The van der Waals surface area contributed by atoms with Gasteiger partial charge in [-0.15, -0.1) is 0 Å². The Hall–Kier alpha value is -2.24. The Bertz CT molecular complexity index is 705. The van der Waals surface area contributed by atoms with Crippen LogP contribution >= 0.6 is 0 Å². The second-order valence-electron chi connectivity index (χ2n) is 6.66. The zero-order valence-electron chi connectivity index (χ0n) is 16.1. The fourth-order valence-electron chi connectivity index (χ4n) is 2.82. The molecular formula is C17H23BF4N4O3. The summed E-state index contributed by atoms with van der Waals surface area (Å²) in [4.78, 5) is 25.1. The molecule has 2 aliphatic rings. The van der Waals surface area contributed by atoms with Gasteiger partial charge >= 0.3 is 166 Å². The van der Waals surface area contributed by atoms with Crippen molar-refractivity contribution >= 4 is 30.7 Å². The van der Waals surface area contributed by atoms with Gasteiger partial charge in [0.1, 0.15) is 0 Å². The summed E-state index contributed by atoms with van der Waals surface area (Å²) in [6.07, 6.45) is -4.52. The number of esters is 1. The number of allylic oxidation sites excluding steroid dienone is 1. The molecule has 2 heterocycles. The minimum atomic E-state index is -4.66. The van der Waals surface area contributed by atoms with Crippen LogP contribution in [0.25, 0.3) is 0 Å². The summed E-state index contributed by atoms with van der Waals surface area (Å²) in [5, 5.41) is 7.42. The number of carbonyl (C=O) groups excluding carboxylic acids is 2. The van der Waals surface area contributed by atoms with Crippen LogP contribution in [-0.4, -0.2) is 92.3 Å². The van der Waals surface area contributed by atoms with Crippen molar-refractivity contribution in [3.05, 3.63) is 11.6 Å². The number of hydrogen-bond acceptors (Lipinski definition) is 6. The van der Waals surface area contributed by atoms with Crippen LogP contribution < -0.4 is 5.32 Å². The fourth-order valence-corrected chi connectivity index (χ4v) is 2.82. The van der Waals surface area contributed by atoms with Crippen LogP contribution in [0.3, 0.4) is 0 Å². The topological polar surface area (TPSA) is 74.2 Å². The number of nitrogens with one attached hydrogen (secondary N) is 1. The first-order chi connectivity index (χ1) is 13.6. The molecule has 0 saturated carbocycles. The SMILES string of the molecule is B=C1C(C(F)(F)F)=CC(CCN2CC(F)C2)=NN1CC(=O)NCCC(=O)OCC. The van der Waals surface area contributed by atoms with Crippen LogP contribution in [0.4, 0.5) is 17.6 Å². The molecule has 0 aromatic carbocycles. The Morgan fingerprint density at radius 3 is 2.66 bits per heavy atom. The molecule has 1 amide bonds. The average Bonchev–Trinajstić information content (AvgIpc) is 2.59. The molecule has 0 radical (unpaired) electrons. The number of hydrazone groups is 1. The summed E-state index contributed by atoms with van der Waals surface area (Å²) in [6, 6.07) is 0. The van der Waals surface area contributed by atoms with E-state index in [0.29, 0.717) is 6.54 Å². The number of hydrogen-bond donors (Lipinski definition) is 1. The van der Waals surface area contributed by atoms with Gasteiger partial charge in [0.15, 0.2) is 0 Å². The molecule has 1 N–H and O–H groups in total. The van der Waals surface area contributed by atoms with Crippen molar-refractivity contribution in [1.82, 2.24) is 15.2 Å². The molecule has 2 rings (SSSR count). The molecule has 160 valence electrons. The molecule has 0 atom stereocenters. The van der Waals surface area contributed by atoms with E-state index in [2.05, 4.69) is 17.9 Å². The molecule has 1 fully saturated rings. The van der Waals surface area contributed by atoms with Crippen LogP contribution in [0.1, 0.15) is 19.8 Å². The molecule has 7 nitrogen and oxygen atoms in total. The number of rotatable bonds is 9. The van der Waals surface area contributed by atoms with Crippen molar-refractivity contribution in [2.75, 3.05) is 39.3 Å². The van der Waals surface area contributed by atoms with E-state index in [4.69, 9.17) is 4.74 Å². The Morgan fingerprint density at radius 1 is 1.38 bits per heavy atom. The Morgan fingerprint density at radius 2 is 2.07 bits per heavy atom. The zero-order valence-corrected chi connectivity index (χ0v) is 16.1. The van der Waals surface area contributed by atoms with E-state index < -0.39 is 41.9 Å². The molecule has 0 aromatic rings. The number of halogens is 4. The van der Waals surface area contributed by atoms with E-state index >= 15 is 0 Å². The van der Waals surface area contributed by atoms with Crippen LogP contribution in [0.5, 0.6) is 0 Å². The van der Waals surface area contributed by atoms with Gasteiger partial charge < -0.3 is 0 Å². The second-order valence-corrected chi connectivity index (χ2v) is 6.66. The van der Waals surface area contributed by atoms with Crippen molar-refractivity contribution in [2.45, 2.75) is 32.1 Å². The van der Waals surface area contributed by atoms with E-state index in [1.807, 2.05) is 0 Å². The van der Waals surface area contributed by atoms with Gasteiger partial charge in [0, 0.05) is 0 Å². The van der Waals surface area contributed by atoms with Crippen molar-refractivity contribution < 1.29 is 31.9 Å². The van der Waals surface area contributed by atoms with E-state index in [1.54, 1.807) is 11.8 Å². The molecule has 0 aliphatic carbocycles. The number of alkyl halides is 4. The Kier molecular flexibility index (Phi) is 7.94. The van der Waals surface area contributed by atoms with Crippen molar-refractivity contribution in [3.8, 4) is 0 Å². The predicted octanol–water partition coefficient (Wildman–Crippen LogP) is 0.291. The fraction of sp³-hybridized carbons (Fsp3) is 0.647. The van der Waals surface area contributed by atoms with Gasteiger partial charge in [-0.1, -0.05) is 0 Å². The van der Waals surface area contributed by atoms with E-state index in [9.17, 15) is 27.2 Å². The molecule has 0 unspecified atom stereocenters. The van der Waals surface area contributed by atoms with Gasteiger partial charge in [0.25, 0.3) is 0 Å². The minimum absolute atomic E-state index is 0.00409. The molecular weight excluding hydrogens is 395 g/mol. The van der Waals surface area contributed by atoms with Gasteiger partial charge in [-0.3, -0.25) is 0 Å². The summed E-state index contributed by atoms with van der Waals surface area (Å²) < 4.78 is 57.6. The zero-order chi connectivity index (χ0) is 21.6. The van der Waals surface area contributed by atoms with Crippen molar-refractivity contribution in [3.63, 3.8) is 0 Å². The number of amides is 1. The van der Waals surface area contributed by atoms with E-state index in [-0.39, 0.29) is 44.8 Å². The Balaban J connectivity index is 1.96. The number of nitrogens with zero attached hydrogens (tertiary/aromatic N) is 3. The van der Waals surface area contributed by atoms with Gasteiger partial charge in [-0.25, -0.2) is 0 Å². The summed E-state index contributed by atoms with van der Waals surface area (Å²) in [6.45, 7) is 2.26. The Labute approximate surface area is 166 Å². The number of carbonyl (C=O) groups is 2. The molecule has 0 aromatic heterocycles. The summed E-state index contributed by atoms with van der Waals surface area (Å²) >= 11 is 0. The van der Waals surface area contributed by atoms with Crippen LogP contribution in [-0.2, 0) is 14.3 Å². The molecule has 2 aliphatic heterocycles. The molecule has 29 heavy (non-hydrogen) atoms. The van der Waals surface area contributed by atoms with E-state index in [0.717, 1.165) is 11.1 Å². The first-order valence-electron chi connectivity index (χ1n) is 9.22. The molecule has 0 spiro atoms.